The first-order valence-corrected chi connectivity index (χ1v) is 5.88. The molecule has 0 aromatic carbocycles. The van der Waals surface area contributed by atoms with Gasteiger partial charge in [0, 0.05) is 23.0 Å². The minimum absolute atomic E-state index is 0.212. The summed E-state index contributed by atoms with van der Waals surface area (Å²) in [5, 5.41) is 21.4. The molecule has 0 fully saturated rings. The molecule has 0 bridgehead atoms. The van der Waals surface area contributed by atoms with Crippen molar-refractivity contribution >= 4 is 34.9 Å². The second-order valence-electron chi connectivity index (χ2n) is 2.34. The Labute approximate surface area is 89.1 Å². The Hall–Kier alpha value is 0.120. The van der Waals surface area contributed by atoms with Crippen LogP contribution in [0.1, 0.15) is 5.69 Å². The molecule has 0 spiro atoms. The van der Waals surface area contributed by atoms with Gasteiger partial charge in [0.25, 0.3) is 0 Å². The zero-order valence-corrected chi connectivity index (χ0v) is 9.07. The SMILES string of the molecule is OC[C@@H](O)CSCc1nnsc1Cl. The Balaban J connectivity index is 2.24. The van der Waals surface area contributed by atoms with Crippen molar-refractivity contribution in [1.29, 1.82) is 0 Å². The molecule has 0 saturated carbocycles. The van der Waals surface area contributed by atoms with Crippen LogP contribution >= 0.6 is 34.9 Å². The maximum Gasteiger partial charge on any atom is 0.138 e. The summed E-state index contributed by atoms with van der Waals surface area (Å²) in [7, 11) is 0. The minimum atomic E-state index is -0.671. The number of aliphatic hydroxyl groups excluding tert-OH is 2. The Morgan fingerprint density at radius 1 is 1.62 bits per heavy atom. The maximum absolute atomic E-state index is 9.02. The van der Waals surface area contributed by atoms with Crippen LogP contribution in [0.2, 0.25) is 4.34 Å². The van der Waals surface area contributed by atoms with Gasteiger partial charge in [-0.3, -0.25) is 0 Å². The molecule has 1 heterocycles. The van der Waals surface area contributed by atoms with Crippen LogP contribution in [0.5, 0.6) is 0 Å². The van der Waals surface area contributed by atoms with Gasteiger partial charge >= 0.3 is 0 Å². The molecule has 4 nitrogen and oxygen atoms in total. The topological polar surface area (TPSA) is 66.2 Å². The Kier molecular flexibility index (Phi) is 4.97. The monoisotopic (exact) mass is 240 g/mol. The summed E-state index contributed by atoms with van der Waals surface area (Å²) in [6, 6.07) is 0. The molecule has 0 aliphatic rings. The van der Waals surface area contributed by atoms with Crippen LogP contribution in [-0.4, -0.2) is 38.3 Å². The van der Waals surface area contributed by atoms with Crippen LogP contribution in [-0.2, 0) is 5.75 Å². The minimum Gasteiger partial charge on any atom is -0.394 e. The Morgan fingerprint density at radius 3 is 2.92 bits per heavy atom. The lowest BCUT2D eigenvalue weighted by Gasteiger charge is -2.04. The van der Waals surface area contributed by atoms with E-state index in [-0.39, 0.29) is 6.61 Å². The third-order valence-electron chi connectivity index (χ3n) is 1.27. The lowest BCUT2D eigenvalue weighted by atomic mass is 10.4. The number of hydrogen-bond acceptors (Lipinski definition) is 6. The van der Waals surface area contributed by atoms with Gasteiger partial charge in [-0.05, 0) is 0 Å². The van der Waals surface area contributed by atoms with Crippen LogP contribution in [0, 0.1) is 0 Å². The second kappa shape index (κ2) is 5.77. The van der Waals surface area contributed by atoms with Gasteiger partial charge < -0.3 is 10.2 Å². The summed E-state index contributed by atoms with van der Waals surface area (Å²) in [6.07, 6.45) is -0.671. The van der Waals surface area contributed by atoms with E-state index in [0.29, 0.717) is 15.8 Å². The molecule has 0 aliphatic heterocycles. The van der Waals surface area contributed by atoms with E-state index in [4.69, 9.17) is 21.8 Å². The number of rotatable bonds is 5. The lowest BCUT2D eigenvalue weighted by molar-refractivity contribution is 0.113. The van der Waals surface area contributed by atoms with E-state index >= 15 is 0 Å². The predicted octanol–water partition coefficient (Wildman–Crippen LogP) is 0.778. The van der Waals surface area contributed by atoms with Crippen LogP contribution in [0.25, 0.3) is 0 Å². The van der Waals surface area contributed by atoms with Gasteiger partial charge in [0.2, 0.25) is 0 Å². The number of hydrogen-bond donors (Lipinski definition) is 2. The molecule has 0 unspecified atom stereocenters. The zero-order valence-electron chi connectivity index (χ0n) is 6.68. The van der Waals surface area contributed by atoms with Crippen molar-refractivity contribution < 1.29 is 10.2 Å². The highest BCUT2D eigenvalue weighted by Crippen LogP contribution is 2.22. The van der Waals surface area contributed by atoms with Gasteiger partial charge in [-0.2, -0.15) is 11.8 Å². The number of halogens is 1. The molecule has 1 rings (SSSR count). The van der Waals surface area contributed by atoms with E-state index in [2.05, 4.69) is 9.59 Å². The zero-order chi connectivity index (χ0) is 9.68. The summed E-state index contributed by atoms with van der Waals surface area (Å²) in [4.78, 5) is 0. The number of aromatic nitrogens is 2. The third kappa shape index (κ3) is 3.78. The average Bonchev–Trinajstić information content (AvgIpc) is 2.52. The van der Waals surface area contributed by atoms with Crippen molar-refractivity contribution in [1.82, 2.24) is 9.59 Å². The van der Waals surface area contributed by atoms with Crippen LogP contribution in [0.3, 0.4) is 0 Å². The van der Waals surface area contributed by atoms with Crippen molar-refractivity contribution in [3.63, 3.8) is 0 Å². The summed E-state index contributed by atoms with van der Waals surface area (Å²) < 4.78 is 4.26. The van der Waals surface area contributed by atoms with Gasteiger partial charge in [0.05, 0.1) is 12.7 Å². The summed E-state index contributed by atoms with van der Waals surface area (Å²) in [5.41, 5.74) is 0.738. The number of nitrogens with zero attached hydrogens (tertiary/aromatic N) is 2. The molecule has 0 saturated heterocycles. The Morgan fingerprint density at radius 2 is 2.38 bits per heavy atom. The van der Waals surface area contributed by atoms with E-state index < -0.39 is 6.10 Å². The molecule has 7 heteroatoms. The van der Waals surface area contributed by atoms with Gasteiger partial charge in [0.1, 0.15) is 10.0 Å². The number of thioether (sulfide) groups is 1. The molecule has 1 aromatic rings. The van der Waals surface area contributed by atoms with Crippen LogP contribution in [0.15, 0.2) is 0 Å². The molecule has 0 radical (unpaired) electrons. The standard InChI is InChI=1S/C6H9ClN2O2S2/c7-6-5(8-9-13-6)3-12-2-4(11)1-10/h4,10-11H,1-3H2/t4-/m1/s1. The summed E-state index contributed by atoms with van der Waals surface area (Å²) >= 11 is 8.37. The fraction of sp³-hybridized carbons (Fsp3) is 0.667. The number of aliphatic hydroxyl groups is 2. The highest BCUT2D eigenvalue weighted by atomic mass is 35.5. The van der Waals surface area contributed by atoms with Gasteiger partial charge in [-0.15, -0.1) is 5.10 Å². The van der Waals surface area contributed by atoms with E-state index in [0.717, 1.165) is 17.2 Å². The smallest absolute Gasteiger partial charge is 0.138 e. The lowest BCUT2D eigenvalue weighted by Crippen LogP contribution is -2.14. The van der Waals surface area contributed by atoms with E-state index in [1.807, 2.05) is 0 Å². The van der Waals surface area contributed by atoms with Crippen molar-refractivity contribution in [3.05, 3.63) is 10.0 Å². The van der Waals surface area contributed by atoms with E-state index in [9.17, 15) is 0 Å². The van der Waals surface area contributed by atoms with E-state index in [1.54, 1.807) is 0 Å². The molecule has 1 atom stereocenters. The second-order valence-corrected chi connectivity index (χ2v) is 4.73. The normalized spacial score (nSPS) is 13.2. The molecule has 74 valence electrons. The fourth-order valence-electron chi connectivity index (χ4n) is 0.627. The van der Waals surface area contributed by atoms with Crippen molar-refractivity contribution in [2.24, 2.45) is 0 Å². The van der Waals surface area contributed by atoms with Gasteiger partial charge in [-0.25, -0.2) is 0 Å². The van der Waals surface area contributed by atoms with Gasteiger partial charge in [0.15, 0.2) is 0 Å². The predicted molar refractivity (Wildman–Crippen MR) is 54.2 cm³/mol. The van der Waals surface area contributed by atoms with Crippen molar-refractivity contribution in [3.8, 4) is 0 Å². The fourth-order valence-corrected chi connectivity index (χ4v) is 2.32. The molecule has 0 amide bonds. The highest BCUT2D eigenvalue weighted by Gasteiger charge is 2.07. The molecular weight excluding hydrogens is 232 g/mol. The van der Waals surface area contributed by atoms with Crippen LogP contribution in [0.4, 0.5) is 0 Å². The average molecular weight is 241 g/mol. The van der Waals surface area contributed by atoms with E-state index in [1.165, 1.54) is 11.8 Å². The largest absolute Gasteiger partial charge is 0.394 e. The van der Waals surface area contributed by atoms with Crippen molar-refractivity contribution in [2.75, 3.05) is 12.4 Å². The summed E-state index contributed by atoms with van der Waals surface area (Å²) in [6.45, 7) is -0.212. The molecule has 2 N–H and O–H groups in total. The molecule has 1 aromatic heterocycles. The first-order valence-electron chi connectivity index (χ1n) is 3.57. The Bertz CT molecular complexity index is 259. The molecule has 0 aliphatic carbocycles. The maximum atomic E-state index is 9.02. The first-order chi connectivity index (χ1) is 6.24. The highest BCUT2D eigenvalue weighted by molar-refractivity contribution is 7.98. The quantitative estimate of drug-likeness (QED) is 0.796. The first kappa shape index (κ1) is 11.2. The summed E-state index contributed by atoms with van der Waals surface area (Å²) in [5.74, 6) is 1.09. The van der Waals surface area contributed by atoms with Crippen molar-refractivity contribution in [2.45, 2.75) is 11.9 Å². The molecule has 13 heavy (non-hydrogen) atoms. The molecular formula is C6H9ClN2O2S2. The van der Waals surface area contributed by atoms with Crippen LogP contribution < -0.4 is 0 Å². The van der Waals surface area contributed by atoms with Gasteiger partial charge in [-0.1, -0.05) is 16.1 Å². The third-order valence-corrected chi connectivity index (χ3v) is 3.35.